The summed E-state index contributed by atoms with van der Waals surface area (Å²) in [5, 5.41) is 14.2. The second-order valence-corrected chi connectivity index (χ2v) is 9.93. The van der Waals surface area contributed by atoms with Gasteiger partial charge in [0.1, 0.15) is 5.82 Å². The molecular formula is C26H30Cl2N6O2. The Morgan fingerprint density at radius 1 is 1.11 bits per heavy atom. The number of hydrogen-bond acceptors (Lipinski definition) is 6. The Morgan fingerprint density at radius 2 is 1.86 bits per heavy atom. The van der Waals surface area contributed by atoms with Crippen molar-refractivity contribution in [2.45, 2.75) is 33.4 Å². The topological polar surface area (TPSA) is 84.8 Å². The first-order valence-electron chi connectivity index (χ1n) is 11.9. The number of carboxylic acid groups (broad SMARTS) is 1. The molecule has 10 heteroatoms. The van der Waals surface area contributed by atoms with Crippen LogP contribution in [0.15, 0.2) is 48.7 Å². The number of anilines is 4. The number of benzene rings is 2. The van der Waals surface area contributed by atoms with Gasteiger partial charge < -0.3 is 15.3 Å². The maximum Gasteiger partial charge on any atom is 0.413 e. The fraction of sp³-hybridized carbons (Fsp3) is 0.346. The van der Waals surface area contributed by atoms with E-state index in [1.165, 1.54) is 11.1 Å². The lowest BCUT2D eigenvalue weighted by atomic mass is 10.1. The molecular weight excluding hydrogens is 499 g/mol. The van der Waals surface area contributed by atoms with Gasteiger partial charge in [-0.2, -0.15) is 4.98 Å². The standard InChI is InChI=1S/C26H30Cl2N6O2/c1-17(2)32-10-12-33(13-11-32)23-7-6-21(15-22(23)28)30-25-29-9-8-24(31-25)34(26(35)36)16-19-14-20(27)5-4-18(19)3/h4-9,14-15,17H,10-13,16H2,1-3H3,(H,35,36)(H,29,30,31). The monoisotopic (exact) mass is 528 g/mol. The molecule has 2 aromatic carbocycles. The number of nitrogens with one attached hydrogen (secondary N) is 1. The van der Waals surface area contributed by atoms with Crippen molar-refractivity contribution in [3.8, 4) is 0 Å². The molecule has 3 aromatic rings. The van der Waals surface area contributed by atoms with Crippen LogP contribution in [0, 0.1) is 6.92 Å². The lowest BCUT2D eigenvalue weighted by Crippen LogP contribution is -2.49. The van der Waals surface area contributed by atoms with Gasteiger partial charge in [0.25, 0.3) is 0 Å². The number of aryl methyl sites for hydroxylation is 1. The third-order valence-corrected chi connectivity index (χ3v) is 6.91. The second kappa shape index (κ2) is 11.3. The molecule has 2 heterocycles. The molecule has 2 N–H and O–H groups in total. The molecule has 0 saturated carbocycles. The number of piperazine rings is 1. The van der Waals surface area contributed by atoms with Crippen LogP contribution in [0.4, 0.5) is 27.9 Å². The molecule has 1 fully saturated rings. The Hall–Kier alpha value is -3.07. The van der Waals surface area contributed by atoms with Crippen LogP contribution < -0.4 is 15.1 Å². The molecule has 0 atom stereocenters. The van der Waals surface area contributed by atoms with E-state index in [9.17, 15) is 9.90 Å². The zero-order valence-electron chi connectivity index (χ0n) is 20.6. The highest BCUT2D eigenvalue weighted by Gasteiger charge is 2.21. The minimum atomic E-state index is -1.12. The summed E-state index contributed by atoms with van der Waals surface area (Å²) >= 11 is 12.8. The van der Waals surface area contributed by atoms with E-state index >= 15 is 0 Å². The zero-order valence-corrected chi connectivity index (χ0v) is 22.1. The number of nitrogens with zero attached hydrogens (tertiary/aromatic N) is 5. The van der Waals surface area contributed by atoms with Crippen molar-refractivity contribution in [2.24, 2.45) is 0 Å². The Labute approximate surface area is 221 Å². The molecule has 0 spiro atoms. The van der Waals surface area contributed by atoms with Crippen molar-refractivity contribution < 1.29 is 9.90 Å². The second-order valence-electron chi connectivity index (χ2n) is 9.09. The Morgan fingerprint density at radius 3 is 2.53 bits per heavy atom. The summed E-state index contributed by atoms with van der Waals surface area (Å²) in [7, 11) is 0. The van der Waals surface area contributed by atoms with E-state index in [1.54, 1.807) is 18.2 Å². The van der Waals surface area contributed by atoms with Gasteiger partial charge in [-0.3, -0.25) is 9.80 Å². The first-order valence-corrected chi connectivity index (χ1v) is 12.6. The molecule has 0 aliphatic carbocycles. The van der Waals surface area contributed by atoms with Gasteiger partial charge >= 0.3 is 6.09 Å². The molecule has 1 amide bonds. The van der Waals surface area contributed by atoms with E-state index < -0.39 is 6.09 Å². The molecule has 1 aromatic heterocycles. The van der Waals surface area contributed by atoms with E-state index in [2.05, 4.69) is 38.9 Å². The Kier molecular flexibility index (Phi) is 8.18. The van der Waals surface area contributed by atoms with Crippen molar-refractivity contribution >= 4 is 52.4 Å². The van der Waals surface area contributed by atoms with Gasteiger partial charge in [-0.1, -0.05) is 29.3 Å². The van der Waals surface area contributed by atoms with Gasteiger partial charge in [0, 0.05) is 49.1 Å². The molecule has 0 bridgehead atoms. The van der Waals surface area contributed by atoms with E-state index in [0.29, 0.717) is 21.8 Å². The number of hydrogen-bond donors (Lipinski definition) is 2. The minimum Gasteiger partial charge on any atom is -0.465 e. The van der Waals surface area contributed by atoms with Crippen molar-refractivity contribution in [2.75, 3.05) is 41.3 Å². The number of rotatable bonds is 7. The third kappa shape index (κ3) is 6.19. The molecule has 1 aliphatic heterocycles. The number of amides is 1. The molecule has 0 unspecified atom stereocenters. The quantitative estimate of drug-likeness (QED) is 0.386. The molecule has 4 rings (SSSR count). The molecule has 8 nitrogen and oxygen atoms in total. The van der Waals surface area contributed by atoms with Gasteiger partial charge in [-0.15, -0.1) is 0 Å². The first-order chi connectivity index (χ1) is 17.2. The summed E-state index contributed by atoms with van der Waals surface area (Å²) < 4.78 is 0. The molecule has 36 heavy (non-hydrogen) atoms. The normalized spacial score (nSPS) is 14.2. The highest BCUT2D eigenvalue weighted by molar-refractivity contribution is 6.33. The van der Waals surface area contributed by atoms with E-state index in [1.807, 2.05) is 31.2 Å². The highest BCUT2D eigenvalue weighted by atomic mass is 35.5. The average Bonchev–Trinajstić information content (AvgIpc) is 2.84. The predicted molar refractivity (Wildman–Crippen MR) is 146 cm³/mol. The summed E-state index contributed by atoms with van der Waals surface area (Å²) in [5.41, 5.74) is 3.46. The number of carbonyl (C=O) groups is 1. The lowest BCUT2D eigenvalue weighted by molar-refractivity contribution is 0.201. The SMILES string of the molecule is Cc1ccc(Cl)cc1CN(C(=O)O)c1ccnc(Nc2ccc(N3CCN(C(C)C)CC3)c(Cl)c2)n1. The summed E-state index contributed by atoms with van der Waals surface area (Å²) in [5.74, 6) is 0.529. The van der Waals surface area contributed by atoms with Crippen LogP contribution >= 0.6 is 23.2 Å². The van der Waals surface area contributed by atoms with Crippen molar-refractivity contribution in [3.63, 3.8) is 0 Å². The van der Waals surface area contributed by atoms with Crippen LogP contribution in [0.2, 0.25) is 10.0 Å². The van der Waals surface area contributed by atoms with Crippen molar-refractivity contribution in [3.05, 3.63) is 69.8 Å². The largest absolute Gasteiger partial charge is 0.465 e. The maximum absolute atomic E-state index is 12.0. The molecule has 190 valence electrons. The van der Waals surface area contributed by atoms with E-state index in [0.717, 1.165) is 43.0 Å². The Bertz CT molecular complexity index is 1230. The fourth-order valence-electron chi connectivity index (χ4n) is 4.24. The summed E-state index contributed by atoms with van der Waals surface area (Å²) in [6.45, 7) is 10.3. The van der Waals surface area contributed by atoms with Crippen LogP contribution in [0.5, 0.6) is 0 Å². The highest BCUT2D eigenvalue weighted by Crippen LogP contribution is 2.31. The summed E-state index contributed by atoms with van der Waals surface area (Å²) in [6, 6.07) is 13.3. The van der Waals surface area contributed by atoms with E-state index in [4.69, 9.17) is 23.2 Å². The molecule has 1 aliphatic rings. The van der Waals surface area contributed by atoms with Crippen molar-refractivity contribution in [1.82, 2.24) is 14.9 Å². The van der Waals surface area contributed by atoms with Crippen LogP contribution in [-0.2, 0) is 6.54 Å². The third-order valence-electron chi connectivity index (χ3n) is 6.38. The van der Waals surface area contributed by atoms with Crippen molar-refractivity contribution in [1.29, 1.82) is 0 Å². The van der Waals surface area contributed by atoms with Gasteiger partial charge in [-0.25, -0.2) is 9.78 Å². The maximum atomic E-state index is 12.0. The Balaban J connectivity index is 1.48. The van der Waals surface area contributed by atoms with Gasteiger partial charge in [0.2, 0.25) is 5.95 Å². The van der Waals surface area contributed by atoms with E-state index in [-0.39, 0.29) is 18.3 Å². The van der Waals surface area contributed by atoms with Crippen LogP contribution in [0.3, 0.4) is 0 Å². The zero-order chi connectivity index (χ0) is 25.8. The smallest absolute Gasteiger partial charge is 0.413 e. The van der Waals surface area contributed by atoms with Gasteiger partial charge in [0.15, 0.2) is 0 Å². The average molecular weight is 529 g/mol. The number of aromatic nitrogens is 2. The summed E-state index contributed by atoms with van der Waals surface area (Å²) in [4.78, 5) is 26.7. The van der Waals surface area contributed by atoms with Crippen LogP contribution in [0.25, 0.3) is 0 Å². The van der Waals surface area contributed by atoms with Gasteiger partial charge in [0.05, 0.1) is 17.3 Å². The number of halogens is 2. The molecule has 0 radical (unpaired) electrons. The van der Waals surface area contributed by atoms with Crippen LogP contribution in [-0.4, -0.2) is 58.3 Å². The predicted octanol–water partition coefficient (Wildman–Crippen LogP) is 6.05. The lowest BCUT2D eigenvalue weighted by Gasteiger charge is -2.38. The summed E-state index contributed by atoms with van der Waals surface area (Å²) in [6.07, 6.45) is 0.402. The van der Waals surface area contributed by atoms with Gasteiger partial charge in [-0.05, 0) is 68.3 Å². The first kappa shape index (κ1) is 26.0. The minimum absolute atomic E-state index is 0.114. The van der Waals surface area contributed by atoms with Crippen LogP contribution in [0.1, 0.15) is 25.0 Å². The molecule has 1 saturated heterocycles. The fourth-order valence-corrected chi connectivity index (χ4v) is 4.73.